The van der Waals surface area contributed by atoms with Crippen LogP contribution in [-0.2, 0) is 6.42 Å². The minimum atomic E-state index is -0.141. The Labute approximate surface area is 98.5 Å². The fraction of sp³-hybridized carbons (Fsp3) is 0.600. The molecule has 1 heteroatoms. The fourth-order valence-corrected chi connectivity index (χ4v) is 2.13. The Bertz CT molecular complexity index is 322. The van der Waals surface area contributed by atoms with E-state index in [4.69, 9.17) is 0 Å². The van der Waals surface area contributed by atoms with E-state index in [1.165, 1.54) is 24.0 Å². The summed E-state index contributed by atoms with van der Waals surface area (Å²) in [6.07, 6.45) is 4.31. The summed E-state index contributed by atoms with van der Waals surface area (Å²) in [5.41, 5.74) is 2.64. The van der Waals surface area contributed by atoms with Crippen molar-refractivity contribution in [2.24, 2.45) is 5.92 Å². The van der Waals surface area contributed by atoms with Gasteiger partial charge in [-0.3, -0.25) is 0 Å². The van der Waals surface area contributed by atoms with Gasteiger partial charge in [-0.15, -0.1) is 0 Å². The molecule has 1 aliphatic rings. The summed E-state index contributed by atoms with van der Waals surface area (Å²) >= 11 is 0. The number of benzene rings is 1. The van der Waals surface area contributed by atoms with Crippen LogP contribution in [0.4, 0.5) is 0 Å². The van der Waals surface area contributed by atoms with Crippen LogP contribution in [0, 0.1) is 5.92 Å². The largest absolute Gasteiger partial charge is 0.393 e. The molecule has 1 unspecified atom stereocenters. The van der Waals surface area contributed by atoms with Gasteiger partial charge >= 0.3 is 0 Å². The summed E-state index contributed by atoms with van der Waals surface area (Å²) in [4.78, 5) is 0. The van der Waals surface area contributed by atoms with Crippen LogP contribution in [0.15, 0.2) is 24.3 Å². The molecule has 1 aromatic rings. The maximum absolute atomic E-state index is 9.89. The van der Waals surface area contributed by atoms with E-state index in [2.05, 4.69) is 38.1 Å². The Hall–Kier alpha value is -0.820. The highest BCUT2D eigenvalue weighted by Crippen LogP contribution is 2.34. The number of rotatable bonds is 5. The van der Waals surface area contributed by atoms with Gasteiger partial charge in [-0.2, -0.15) is 0 Å². The Morgan fingerprint density at radius 2 is 1.81 bits per heavy atom. The predicted molar refractivity (Wildman–Crippen MR) is 67.6 cm³/mol. The molecular formula is C15H22O. The first-order valence-electron chi connectivity index (χ1n) is 6.42. The molecule has 1 aromatic carbocycles. The standard InChI is InChI=1S/C15H22O/c1-11(2)14-7-5-13(6-8-14)10-15(16)9-12-3-4-12/h5-8,11-12,15-16H,3-4,9-10H2,1-2H3. The normalized spacial score (nSPS) is 17.8. The van der Waals surface area contributed by atoms with E-state index in [0.29, 0.717) is 5.92 Å². The van der Waals surface area contributed by atoms with Gasteiger partial charge in [0.1, 0.15) is 0 Å². The molecule has 0 amide bonds. The second-order valence-corrected chi connectivity index (χ2v) is 5.43. The smallest absolute Gasteiger partial charge is 0.0583 e. The lowest BCUT2D eigenvalue weighted by atomic mass is 9.98. The van der Waals surface area contributed by atoms with Gasteiger partial charge in [0.05, 0.1) is 6.10 Å². The minimum Gasteiger partial charge on any atom is -0.393 e. The Balaban J connectivity index is 1.88. The Morgan fingerprint density at radius 3 is 2.31 bits per heavy atom. The van der Waals surface area contributed by atoms with Crippen molar-refractivity contribution in [3.8, 4) is 0 Å². The molecule has 16 heavy (non-hydrogen) atoms. The van der Waals surface area contributed by atoms with E-state index < -0.39 is 0 Å². The maximum Gasteiger partial charge on any atom is 0.0583 e. The Kier molecular flexibility index (Phi) is 3.65. The molecule has 0 heterocycles. The van der Waals surface area contributed by atoms with Gasteiger partial charge in [-0.25, -0.2) is 0 Å². The molecule has 1 aliphatic carbocycles. The summed E-state index contributed by atoms with van der Waals surface area (Å²) in [5.74, 6) is 1.40. The van der Waals surface area contributed by atoms with Crippen LogP contribution in [-0.4, -0.2) is 11.2 Å². The molecule has 1 atom stereocenters. The van der Waals surface area contributed by atoms with Gasteiger partial charge in [-0.1, -0.05) is 51.0 Å². The summed E-state index contributed by atoms with van der Waals surface area (Å²) in [6, 6.07) is 8.69. The molecule has 0 saturated heterocycles. The van der Waals surface area contributed by atoms with Crippen molar-refractivity contribution < 1.29 is 5.11 Å². The molecule has 0 aliphatic heterocycles. The highest BCUT2D eigenvalue weighted by Gasteiger charge is 2.24. The quantitative estimate of drug-likeness (QED) is 0.801. The van der Waals surface area contributed by atoms with Crippen molar-refractivity contribution in [1.29, 1.82) is 0 Å². The van der Waals surface area contributed by atoms with Gasteiger partial charge in [0.25, 0.3) is 0 Å². The Morgan fingerprint density at radius 1 is 1.19 bits per heavy atom. The van der Waals surface area contributed by atoms with Crippen molar-refractivity contribution in [3.05, 3.63) is 35.4 Å². The highest BCUT2D eigenvalue weighted by molar-refractivity contribution is 5.25. The molecule has 0 aromatic heterocycles. The van der Waals surface area contributed by atoms with Crippen LogP contribution in [0.5, 0.6) is 0 Å². The minimum absolute atomic E-state index is 0.141. The topological polar surface area (TPSA) is 20.2 Å². The number of aliphatic hydroxyl groups is 1. The molecule has 2 rings (SSSR count). The lowest BCUT2D eigenvalue weighted by molar-refractivity contribution is 0.158. The van der Waals surface area contributed by atoms with Crippen LogP contribution >= 0.6 is 0 Å². The molecule has 1 N–H and O–H groups in total. The number of hydrogen-bond donors (Lipinski definition) is 1. The number of aliphatic hydroxyl groups excluding tert-OH is 1. The van der Waals surface area contributed by atoms with E-state index in [-0.39, 0.29) is 6.10 Å². The molecule has 0 bridgehead atoms. The average molecular weight is 218 g/mol. The van der Waals surface area contributed by atoms with Crippen LogP contribution in [0.1, 0.15) is 50.2 Å². The maximum atomic E-state index is 9.89. The predicted octanol–water partition coefficient (Wildman–Crippen LogP) is 3.51. The average Bonchev–Trinajstić information content (AvgIpc) is 3.02. The third-order valence-electron chi connectivity index (χ3n) is 3.42. The van der Waals surface area contributed by atoms with Crippen molar-refractivity contribution >= 4 is 0 Å². The van der Waals surface area contributed by atoms with E-state index in [1.807, 2.05) is 0 Å². The SMILES string of the molecule is CC(C)c1ccc(CC(O)CC2CC2)cc1. The van der Waals surface area contributed by atoms with Crippen LogP contribution in [0.25, 0.3) is 0 Å². The highest BCUT2D eigenvalue weighted by atomic mass is 16.3. The second kappa shape index (κ2) is 5.01. The monoisotopic (exact) mass is 218 g/mol. The van der Waals surface area contributed by atoms with Crippen molar-refractivity contribution in [3.63, 3.8) is 0 Å². The third kappa shape index (κ3) is 3.34. The summed E-state index contributed by atoms with van der Waals surface area (Å²) in [5, 5.41) is 9.89. The molecule has 1 nitrogen and oxygen atoms in total. The lowest BCUT2D eigenvalue weighted by Crippen LogP contribution is -2.11. The molecule has 88 valence electrons. The van der Waals surface area contributed by atoms with E-state index in [1.54, 1.807) is 0 Å². The molecule has 1 fully saturated rings. The second-order valence-electron chi connectivity index (χ2n) is 5.43. The summed E-state index contributed by atoms with van der Waals surface area (Å²) < 4.78 is 0. The zero-order valence-electron chi connectivity index (χ0n) is 10.3. The van der Waals surface area contributed by atoms with Crippen molar-refractivity contribution in [2.45, 2.75) is 51.6 Å². The van der Waals surface area contributed by atoms with E-state index in [0.717, 1.165) is 18.8 Å². The molecule has 0 radical (unpaired) electrons. The van der Waals surface area contributed by atoms with Crippen LogP contribution < -0.4 is 0 Å². The summed E-state index contributed by atoms with van der Waals surface area (Å²) in [7, 11) is 0. The number of hydrogen-bond acceptors (Lipinski definition) is 1. The van der Waals surface area contributed by atoms with E-state index >= 15 is 0 Å². The zero-order chi connectivity index (χ0) is 11.5. The fourth-order valence-electron chi connectivity index (χ4n) is 2.13. The zero-order valence-corrected chi connectivity index (χ0v) is 10.3. The summed E-state index contributed by atoms with van der Waals surface area (Å²) in [6.45, 7) is 4.41. The van der Waals surface area contributed by atoms with Gasteiger partial charge in [0.2, 0.25) is 0 Å². The van der Waals surface area contributed by atoms with Crippen LogP contribution in [0.3, 0.4) is 0 Å². The van der Waals surface area contributed by atoms with Gasteiger partial charge in [0, 0.05) is 0 Å². The molecular weight excluding hydrogens is 196 g/mol. The van der Waals surface area contributed by atoms with Crippen molar-refractivity contribution in [2.75, 3.05) is 0 Å². The molecule has 1 saturated carbocycles. The van der Waals surface area contributed by atoms with Gasteiger partial charge in [0.15, 0.2) is 0 Å². The van der Waals surface area contributed by atoms with E-state index in [9.17, 15) is 5.11 Å². The first-order valence-corrected chi connectivity index (χ1v) is 6.42. The first kappa shape index (κ1) is 11.7. The van der Waals surface area contributed by atoms with Crippen LogP contribution in [0.2, 0.25) is 0 Å². The van der Waals surface area contributed by atoms with Gasteiger partial charge < -0.3 is 5.11 Å². The molecule has 0 spiro atoms. The first-order chi connectivity index (χ1) is 7.65. The lowest BCUT2D eigenvalue weighted by Gasteiger charge is -2.11. The third-order valence-corrected chi connectivity index (χ3v) is 3.42. The van der Waals surface area contributed by atoms with Crippen molar-refractivity contribution in [1.82, 2.24) is 0 Å². The van der Waals surface area contributed by atoms with Gasteiger partial charge in [-0.05, 0) is 35.8 Å².